The largest absolute Gasteiger partial charge is 0.368 e. The Morgan fingerprint density at radius 2 is 2.20 bits per heavy atom. The zero-order valence-corrected chi connectivity index (χ0v) is 8.03. The minimum atomic E-state index is -0.775. The number of hydrogen-bond acceptors (Lipinski definition) is 3. The first-order valence-electron chi connectivity index (χ1n) is 4.22. The van der Waals surface area contributed by atoms with Gasteiger partial charge in [0.2, 0.25) is 11.9 Å². The van der Waals surface area contributed by atoms with Crippen molar-refractivity contribution in [2.45, 2.75) is 13.0 Å². The number of nitrogens with one attached hydrogen (secondary N) is 1. The maximum absolute atomic E-state index is 12.4. The highest BCUT2D eigenvalue weighted by molar-refractivity contribution is 5.96. The van der Waals surface area contributed by atoms with Crippen LogP contribution in [0.15, 0.2) is 18.3 Å². The van der Waals surface area contributed by atoms with Gasteiger partial charge in [-0.05, 0) is 19.1 Å². The second-order valence-electron chi connectivity index (χ2n) is 2.97. The van der Waals surface area contributed by atoms with E-state index >= 15 is 0 Å². The number of carbonyl (C=O) groups is 2. The summed E-state index contributed by atoms with van der Waals surface area (Å²) in [7, 11) is 0. The highest BCUT2D eigenvalue weighted by atomic mass is 19.1. The summed E-state index contributed by atoms with van der Waals surface area (Å²) >= 11 is 0. The van der Waals surface area contributed by atoms with E-state index in [1.165, 1.54) is 13.0 Å². The molecule has 15 heavy (non-hydrogen) atoms. The Morgan fingerprint density at radius 1 is 1.53 bits per heavy atom. The first-order chi connectivity index (χ1) is 7.00. The summed E-state index contributed by atoms with van der Waals surface area (Å²) in [6, 6.07) is 1.55. The van der Waals surface area contributed by atoms with Crippen molar-refractivity contribution in [2.24, 2.45) is 5.73 Å². The van der Waals surface area contributed by atoms with E-state index in [1.54, 1.807) is 0 Å². The molecule has 1 unspecified atom stereocenters. The monoisotopic (exact) mass is 211 g/mol. The van der Waals surface area contributed by atoms with Crippen LogP contribution in [0.5, 0.6) is 0 Å². The smallest absolute Gasteiger partial charge is 0.253 e. The quantitative estimate of drug-likeness (QED) is 0.680. The van der Waals surface area contributed by atoms with E-state index in [9.17, 15) is 14.0 Å². The molecule has 0 aliphatic heterocycles. The van der Waals surface area contributed by atoms with Gasteiger partial charge < -0.3 is 11.1 Å². The summed E-state index contributed by atoms with van der Waals surface area (Å²) in [5.74, 6) is -1.83. The van der Waals surface area contributed by atoms with Crippen LogP contribution in [-0.2, 0) is 4.79 Å². The van der Waals surface area contributed by atoms with E-state index in [2.05, 4.69) is 10.3 Å². The summed E-state index contributed by atoms with van der Waals surface area (Å²) in [5.41, 5.74) is 5.13. The maximum Gasteiger partial charge on any atom is 0.253 e. The lowest BCUT2D eigenvalue weighted by atomic mass is 10.2. The molecule has 0 aliphatic carbocycles. The number of aromatic nitrogens is 1. The van der Waals surface area contributed by atoms with Gasteiger partial charge in [-0.2, -0.15) is 4.39 Å². The Hall–Kier alpha value is -1.98. The number of rotatable bonds is 3. The first-order valence-corrected chi connectivity index (χ1v) is 4.22. The molecule has 1 aromatic heterocycles. The lowest BCUT2D eigenvalue weighted by Crippen LogP contribution is -2.42. The zero-order chi connectivity index (χ0) is 11.4. The van der Waals surface area contributed by atoms with Gasteiger partial charge in [-0.3, -0.25) is 9.59 Å². The molecule has 0 spiro atoms. The molecule has 1 atom stereocenters. The molecule has 0 bridgehead atoms. The Morgan fingerprint density at radius 3 is 2.67 bits per heavy atom. The van der Waals surface area contributed by atoms with Gasteiger partial charge in [-0.1, -0.05) is 0 Å². The average Bonchev–Trinajstić information content (AvgIpc) is 2.18. The molecular weight excluding hydrogens is 201 g/mol. The molecule has 3 N–H and O–H groups in total. The number of hydrogen-bond donors (Lipinski definition) is 2. The third kappa shape index (κ3) is 3.01. The minimum absolute atomic E-state index is 0.171. The predicted molar refractivity (Wildman–Crippen MR) is 50.3 cm³/mol. The topological polar surface area (TPSA) is 85.1 Å². The number of amides is 2. The van der Waals surface area contributed by atoms with E-state index in [-0.39, 0.29) is 5.56 Å². The second-order valence-corrected chi connectivity index (χ2v) is 2.97. The fourth-order valence-corrected chi connectivity index (χ4v) is 0.861. The molecule has 0 aromatic carbocycles. The van der Waals surface area contributed by atoms with Gasteiger partial charge in [-0.25, -0.2) is 4.98 Å². The highest BCUT2D eigenvalue weighted by Crippen LogP contribution is 1.99. The summed E-state index contributed by atoms with van der Waals surface area (Å²) in [4.78, 5) is 25.4. The van der Waals surface area contributed by atoms with Crippen molar-refractivity contribution >= 4 is 11.8 Å². The number of primary amides is 1. The van der Waals surface area contributed by atoms with Gasteiger partial charge in [0, 0.05) is 6.20 Å². The SMILES string of the molecule is CC(NC(=O)c1ccc(F)nc1)C(N)=O. The van der Waals surface area contributed by atoms with Gasteiger partial charge in [0.25, 0.3) is 5.91 Å². The molecule has 5 nitrogen and oxygen atoms in total. The molecule has 2 amide bonds. The normalized spacial score (nSPS) is 11.9. The second kappa shape index (κ2) is 4.50. The van der Waals surface area contributed by atoms with Crippen LogP contribution in [0.1, 0.15) is 17.3 Å². The standard InChI is InChI=1S/C9H10FN3O2/c1-5(8(11)14)13-9(15)6-2-3-7(10)12-4-6/h2-5H,1H3,(H2,11,14)(H,13,15). The molecule has 1 heterocycles. The van der Waals surface area contributed by atoms with E-state index in [0.717, 1.165) is 12.3 Å². The Bertz CT molecular complexity index is 377. The van der Waals surface area contributed by atoms with Crippen LogP contribution in [0.3, 0.4) is 0 Å². The van der Waals surface area contributed by atoms with Crippen molar-refractivity contribution in [3.63, 3.8) is 0 Å². The Labute approximate surface area is 85.5 Å². The Balaban J connectivity index is 2.69. The van der Waals surface area contributed by atoms with Crippen LogP contribution < -0.4 is 11.1 Å². The van der Waals surface area contributed by atoms with Crippen molar-refractivity contribution in [1.82, 2.24) is 10.3 Å². The molecule has 6 heteroatoms. The van der Waals surface area contributed by atoms with Crippen LogP contribution in [0, 0.1) is 5.95 Å². The summed E-state index contributed by atoms with van der Waals surface area (Å²) in [5, 5.41) is 2.34. The third-order valence-corrected chi connectivity index (χ3v) is 1.76. The Kier molecular flexibility index (Phi) is 3.33. The molecule has 80 valence electrons. The fourth-order valence-electron chi connectivity index (χ4n) is 0.861. The number of halogens is 1. The van der Waals surface area contributed by atoms with E-state index < -0.39 is 23.8 Å². The molecule has 0 fully saturated rings. The van der Waals surface area contributed by atoms with Crippen LogP contribution in [-0.4, -0.2) is 22.8 Å². The number of nitrogens with zero attached hydrogens (tertiary/aromatic N) is 1. The summed E-state index contributed by atoms with van der Waals surface area (Å²) in [6.45, 7) is 1.46. The average molecular weight is 211 g/mol. The molecule has 0 saturated carbocycles. The van der Waals surface area contributed by atoms with Gasteiger partial charge in [0.1, 0.15) is 6.04 Å². The van der Waals surface area contributed by atoms with Crippen molar-refractivity contribution in [3.8, 4) is 0 Å². The van der Waals surface area contributed by atoms with Gasteiger partial charge >= 0.3 is 0 Å². The zero-order valence-electron chi connectivity index (χ0n) is 8.03. The molecule has 1 aromatic rings. The summed E-state index contributed by atoms with van der Waals surface area (Å²) in [6.07, 6.45) is 1.08. The summed E-state index contributed by atoms with van der Waals surface area (Å²) < 4.78 is 12.4. The highest BCUT2D eigenvalue weighted by Gasteiger charge is 2.13. The predicted octanol–water partition coefficient (Wildman–Crippen LogP) is -0.176. The molecular formula is C9H10FN3O2. The third-order valence-electron chi connectivity index (χ3n) is 1.76. The van der Waals surface area contributed by atoms with Crippen LogP contribution in [0.4, 0.5) is 4.39 Å². The van der Waals surface area contributed by atoms with Crippen molar-refractivity contribution < 1.29 is 14.0 Å². The van der Waals surface area contributed by atoms with Gasteiger partial charge in [0.15, 0.2) is 0 Å². The number of nitrogens with two attached hydrogens (primary N) is 1. The number of carbonyl (C=O) groups excluding carboxylic acids is 2. The number of pyridine rings is 1. The van der Waals surface area contributed by atoms with Crippen molar-refractivity contribution in [1.29, 1.82) is 0 Å². The molecule has 0 radical (unpaired) electrons. The molecule has 1 rings (SSSR count). The van der Waals surface area contributed by atoms with Crippen molar-refractivity contribution in [3.05, 3.63) is 29.8 Å². The minimum Gasteiger partial charge on any atom is -0.368 e. The van der Waals surface area contributed by atoms with Crippen LogP contribution in [0.25, 0.3) is 0 Å². The van der Waals surface area contributed by atoms with E-state index in [0.29, 0.717) is 0 Å². The maximum atomic E-state index is 12.4. The van der Waals surface area contributed by atoms with Crippen molar-refractivity contribution in [2.75, 3.05) is 0 Å². The first kappa shape index (κ1) is 11.1. The van der Waals surface area contributed by atoms with Crippen LogP contribution >= 0.6 is 0 Å². The van der Waals surface area contributed by atoms with Gasteiger partial charge in [-0.15, -0.1) is 0 Å². The lowest BCUT2D eigenvalue weighted by Gasteiger charge is -2.09. The fraction of sp³-hybridized carbons (Fsp3) is 0.222. The van der Waals surface area contributed by atoms with E-state index in [4.69, 9.17) is 5.73 Å². The van der Waals surface area contributed by atoms with Gasteiger partial charge in [0.05, 0.1) is 5.56 Å². The van der Waals surface area contributed by atoms with E-state index in [1.807, 2.05) is 0 Å². The van der Waals surface area contributed by atoms with Crippen LogP contribution in [0.2, 0.25) is 0 Å². The lowest BCUT2D eigenvalue weighted by molar-refractivity contribution is -0.119. The molecule has 0 saturated heterocycles. The molecule has 0 aliphatic rings.